The summed E-state index contributed by atoms with van der Waals surface area (Å²) < 4.78 is 0. The Morgan fingerprint density at radius 2 is 1.94 bits per heavy atom. The molecule has 0 saturated carbocycles. The topological polar surface area (TPSA) is 17.1 Å². The molecule has 0 bridgehead atoms. The van der Waals surface area contributed by atoms with Crippen LogP contribution < -0.4 is 0 Å². The van der Waals surface area contributed by atoms with Gasteiger partial charge in [-0.3, -0.25) is 4.79 Å². The standard InChI is InChI=1S/C14H18OS/c1-10-6-5-7-11(2)13(10)14(15)12-8-3-4-9-16-12/h5-7,12H,3-4,8-9H2,1-2H3. The van der Waals surface area contributed by atoms with Crippen LogP contribution in [-0.4, -0.2) is 16.8 Å². The Kier molecular flexibility index (Phi) is 3.70. The van der Waals surface area contributed by atoms with E-state index in [0.717, 1.165) is 28.9 Å². The number of hydrogen-bond acceptors (Lipinski definition) is 2. The van der Waals surface area contributed by atoms with Crippen molar-refractivity contribution in [3.05, 3.63) is 34.9 Å². The maximum absolute atomic E-state index is 12.4. The summed E-state index contributed by atoms with van der Waals surface area (Å²) in [5, 5.41) is 0.202. The molecule has 1 unspecified atom stereocenters. The number of carbonyl (C=O) groups excluding carboxylic acids is 1. The lowest BCUT2D eigenvalue weighted by atomic mass is 9.95. The zero-order valence-corrected chi connectivity index (χ0v) is 10.8. The highest BCUT2D eigenvalue weighted by atomic mass is 32.2. The average molecular weight is 234 g/mol. The molecule has 1 aliphatic rings. The van der Waals surface area contributed by atoms with Crippen LogP contribution in [0.15, 0.2) is 18.2 Å². The average Bonchev–Trinajstić information content (AvgIpc) is 2.30. The Morgan fingerprint density at radius 1 is 1.25 bits per heavy atom. The maximum atomic E-state index is 12.4. The number of hydrogen-bond donors (Lipinski definition) is 0. The van der Waals surface area contributed by atoms with Gasteiger partial charge in [-0.2, -0.15) is 11.8 Å². The molecule has 1 fully saturated rings. The second-order valence-corrected chi connectivity index (χ2v) is 5.80. The number of rotatable bonds is 2. The molecule has 0 aliphatic carbocycles. The molecule has 1 aliphatic heterocycles. The molecule has 1 atom stereocenters. The summed E-state index contributed by atoms with van der Waals surface area (Å²) in [6, 6.07) is 6.09. The lowest BCUT2D eigenvalue weighted by Gasteiger charge is -2.21. The molecular weight excluding hydrogens is 216 g/mol. The third kappa shape index (κ3) is 2.32. The van der Waals surface area contributed by atoms with E-state index in [2.05, 4.69) is 0 Å². The fourth-order valence-electron chi connectivity index (χ4n) is 2.31. The van der Waals surface area contributed by atoms with E-state index in [9.17, 15) is 4.79 Å². The third-order valence-corrected chi connectivity index (χ3v) is 4.58. The summed E-state index contributed by atoms with van der Waals surface area (Å²) in [6.07, 6.45) is 3.52. The third-order valence-electron chi connectivity index (χ3n) is 3.20. The van der Waals surface area contributed by atoms with Crippen molar-refractivity contribution in [1.82, 2.24) is 0 Å². The van der Waals surface area contributed by atoms with E-state index < -0.39 is 0 Å². The first kappa shape index (κ1) is 11.7. The summed E-state index contributed by atoms with van der Waals surface area (Å²) in [6.45, 7) is 4.07. The van der Waals surface area contributed by atoms with Crippen molar-refractivity contribution < 1.29 is 4.79 Å². The van der Waals surface area contributed by atoms with Crippen molar-refractivity contribution in [2.45, 2.75) is 38.4 Å². The molecule has 2 heteroatoms. The fourth-order valence-corrected chi connectivity index (χ4v) is 3.57. The van der Waals surface area contributed by atoms with Gasteiger partial charge in [0.15, 0.2) is 5.78 Å². The Labute approximate surface area is 102 Å². The van der Waals surface area contributed by atoms with Gasteiger partial charge >= 0.3 is 0 Å². The predicted octanol–water partition coefficient (Wildman–Crippen LogP) is 3.77. The van der Waals surface area contributed by atoms with Gasteiger partial charge in [0, 0.05) is 5.56 Å². The van der Waals surface area contributed by atoms with Crippen LogP contribution in [0, 0.1) is 13.8 Å². The molecule has 0 radical (unpaired) electrons. The van der Waals surface area contributed by atoms with E-state index >= 15 is 0 Å². The SMILES string of the molecule is Cc1cccc(C)c1C(=O)C1CCCCS1. The summed E-state index contributed by atoms with van der Waals surface area (Å²) in [4.78, 5) is 12.4. The first-order valence-electron chi connectivity index (χ1n) is 5.92. The highest BCUT2D eigenvalue weighted by molar-refractivity contribution is 8.00. The normalized spacial score (nSPS) is 20.8. The molecule has 1 aromatic rings. The zero-order chi connectivity index (χ0) is 11.5. The van der Waals surface area contributed by atoms with Crippen molar-refractivity contribution in [1.29, 1.82) is 0 Å². The number of Topliss-reactive ketones (excluding diaryl/α,β-unsaturated/α-hetero) is 1. The van der Waals surface area contributed by atoms with Gasteiger partial charge in [-0.15, -0.1) is 0 Å². The Balaban J connectivity index is 2.26. The Bertz CT molecular complexity index is 371. The molecule has 2 rings (SSSR count). The minimum Gasteiger partial charge on any atom is -0.293 e. The molecule has 0 amide bonds. The fraction of sp³-hybridized carbons (Fsp3) is 0.500. The maximum Gasteiger partial charge on any atom is 0.176 e. The number of carbonyl (C=O) groups is 1. The number of thioether (sulfide) groups is 1. The van der Waals surface area contributed by atoms with E-state index in [-0.39, 0.29) is 5.25 Å². The molecule has 1 heterocycles. The van der Waals surface area contributed by atoms with Crippen molar-refractivity contribution in [3.63, 3.8) is 0 Å². The van der Waals surface area contributed by atoms with Crippen molar-refractivity contribution in [3.8, 4) is 0 Å². The summed E-state index contributed by atoms with van der Waals surface area (Å²) >= 11 is 1.83. The van der Waals surface area contributed by atoms with Gasteiger partial charge in [0.1, 0.15) is 0 Å². The van der Waals surface area contributed by atoms with Gasteiger partial charge in [0.25, 0.3) is 0 Å². The van der Waals surface area contributed by atoms with Crippen LogP contribution in [0.25, 0.3) is 0 Å². The van der Waals surface area contributed by atoms with Crippen molar-refractivity contribution >= 4 is 17.5 Å². The first-order valence-corrected chi connectivity index (χ1v) is 6.97. The minimum absolute atomic E-state index is 0.202. The van der Waals surface area contributed by atoms with Gasteiger partial charge < -0.3 is 0 Å². The molecule has 0 spiro atoms. The van der Waals surface area contributed by atoms with Gasteiger partial charge in [-0.25, -0.2) is 0 Å². The Morgan fingerprint density at radius 3 is 2.50 bits per heavy atom. The lowest BCUT2D eigenvalue weighted by Crippen LogP contribution is -2.22. The number of aryl methyl sites for hydroxylation is 2. The van der Waals surface area contributed by atoms with Crippen LogP contribution in [0.1, 0.15) is 40.7 Å². The predicted molar refractivity (Wildman–Crippen MR) is 70.3 cm³/mol. The molecule has 16 heavy (non-hydrogen) atoms. The zero-order valence-electron chi connectivity index (χ0n) is 9.95. The van der Waals surface area contributed by atoms with Crippen molar-refractivity contribution in [2.24, 2.45) is 0 Å². The summed E-state index contributed by atoms with van der Waals surface area (Å²) in [7, 11) is 0. The van der Waals surface area contributed by atoms with Gasteiger partial charge in [-0.1, -0.05) is 24.6 Å². The smallest absolute Gasteiger partial charge is 0.176 e. The molecule has 1 aromatic carbocycles. The van der Waals surface area contributed by atoms with Gasteiger partial charge in [0.05, 0.1) is 5.25 Å². The second kappa shape index (κ2) is 5.05. The first-order chi connectivity index (χ1) is 7.70. The van der Waals surface area contributed by atoms with Crippen LogP contribution in [0.3, 0.4) is 0 Å². The Hall–Kier alpha value is -0.760. The highest BCUT2D eigenvalue weighted by Gasteiger charge is 2.24. The van der Waals surface area contributed by atoms with Crippen LogP contribution in [0.4, 0.5) is 0 Å². The lowest BCUT2D eigenvalue weighted by molar-refractivity contribution is 0.0983. The van der Waals surface area contributed by atoms with E-state index in [4.69, 9.17) is 0 Å². The minimum atomic E-state index is 0.202. The van der Waals surface area contributed by atoms with Crippen LogP contribution in [0.2, 0.25) is 0 Å². The molecule has 0 aromatic heterocycles. The highest BCUT2D eigenvalue weighted by Crippen LogP contribution is 2.29. The monoisotopic (exact) mass is 234 g/mol. The molecule has 0 N–H and O–H groups in total. The number of benzene rings is 1. The van der Waals surface area contributed by atoms with Gasteiger partial charge in [-0.05, 0) is 43.6 Å². The van der Waals surface area contributed by atoms with E-state index in [0.29, 0.717) is 5.78 Å². The van der Waals surface area contributed by atoms with Crippen LogP contribution in [-0.2, 0) is 0 Å². The van der Waals surface area contributed by atoms with Crippen LogP contribution in [0.5, 0.6) is 0 Å². The summed E-state index contributed by atoms with van der Waals surface area (Å²) in [5.74, 6) is 1.49. The molecule has 86 valence electrons. The van der Waals surface area contributed by atoms with Gasteiger partial charge in [0.2, 0.25) is 0 Å². The molecule has 1 nitrogen and oxygen atoms in total. The van der Waals surface area contributed by atoms with E-state index in [1.54, 1.807) is 0 Å². The van der Waals surface area contributed by atoms with Crippen LogP contribution >= 0.6 is 11.8 Å². The largest absolute Gasteiger partial charge is 0.293 e. The molecule has 1 saturated heterocycles. The second-order valence-electron chi connectivity index (χ2n) is 4.49. The quantitative estimate of drug-likeness (QED) is 0.725. The molecular formula is C14H18OS. The summed E-state index contributed by atoms with van der Waals surface area (Å²) in [5.41, 5.74) is 3.20. The number of ketones is 1. The van der Waals surface area contributed by atoms with Crippen molar-refractivity contribution in [2.75, 3.05) is 5.75 Å². The van der Waals surface area contributed by atoms with E-state index in [1.165, 1.54) is 12.8 Å². The van der Waals surface area contributed by atoms with E-state index in [1.807, 2.05) is 43.8 Å².